The summed E-state index contributed by atoms with van der Waals surface area (Å²) in [5.74, 6) is 0. The molecule has 0 aliphatic carbocycles. The van der Waals surface area contributed by atoms with E-state index in [2.05, 4.69) is 5.10 Å². The van der Waals surface area contributed by atoms with Crippen molar-refractivity contribution < 1.29 is 8.42 Å². The minimum atomic E-state index is -4.06. The summed E-state index contributed by atoms with van der Waals surface area (Å²) >= 11 is 0. The lowest BCUT2D eigenvalue weighted by molar-refractivity contribution is 0.599. The third kappa shape index (κ3) is 2.62. The van der Waals surface area contributed by atoms with Crippen LogP contribution in [0.2, 0.25) is 0 Å². The molecule has 0 spiro atoms. The van der Waals surface area contributed by atoms with Gasteiger partial charge >= 0.3 is 0 Å². The molecule has 0 fully saturated rings. The summed E-state index contributed by atoms with van der Waals surface area (Å²) in [5.41, 5.74) is 2.40. The lowest BCUT2D eigenvalue weighted by Crippen LogP contribution is -2.06. The molecular weight excluding hydrogens is 286 g/mol. The summed E-state index contributed by atoms with van der Waals surface area (Å²) in [7, 11) is 1.32. The van der Waals surface area contributed by atoms with E-state index in [4.69, 9.17) is 15.9 Å². The van der Waals surface area contributed by atoms with Crippen LogP contribution >= 0.6 is 10.7 Å². The molecule has 0 N–H and O–H groups in total. The minimum absolute atomic E-state index is 0.0749. The predicted molar refractivity (Wildman–Crippen MR) is 70.8 cm³/mol. The molecule has 0 bridgehead atoms. The molecule has 0 unspecified atom stereocenters. The van der Waals surface area contributed by atoms with Gasteiger partial charge in [0.15, 0.2) is 5.03 Å². The van der Waals surface area contributed by atoms with Crippen molar-refractivity contribution in [1.29, 1.82) is 5.26 Å². The maximum Gasteiger partial charge on any atom is 0.280 e. The molecule has 5 nitrogen and oxygen atoms in total. The second-order valence-corrected chi connectivity index (χ2v) is 6.65. The van der Waals surface area contributed by atoms with E-state index in [0.717, 1.165) is 11.1 Å². The van der Waals surface area contributed by atoms with Gasteiger partial charge in [-0.1, -0.05) is 6.07 Å². The van der Waals surface area contributed by atoms with E-state index in [1.165, 1.54) is 10.9 Å². The van der Waals surface area contributed by atoms with Gasteiger partial charge in [0.05, 0.1) is 11.9 Å². The Morgan fingerprint density at radius 3 is 2.32 bits per heavy atom. The quantitative estimate of drug-likeness (QED) is 0.797. The second-order valence-electron chi connectivity index (χ2n) is 4.17. The number of aryl methyl sites for hydroxylation is 2. The van der Waals surface area contributed by atoms with E-state index in [1.54, 1.807) is 18.2 Å². The molecule has 1 aromatic carbocycles. The number of nitrogens with zero attached hydrogens (tertiary/aromatic N) is 3. The Morgan fingerprint density at radius 2 is 1.84 bits per heavy atom. The van der Waals surface area contributed by atoms with Crippen molar-refractivity contribution in [2.75, 3.05) is 0 Å². The number of hydrogen-bond acceptors (Lipinski definition) is 4. The third-order valence-electron chi connectivity index (χ3n) is 2.53. The molecule has 0 aliphatic heterocycles. The molecular formula is C12H10ClN3O2S. The van der Waals surface area contributed by atoms with Crippen LogP contribution < -0.4 is 0 Å². The van der Waals surface area contributed by atoms with E-state index >= 15 is 0 Å². The molecule has 2 aromatic rings. The molecule has 1 heterocycles. The Balaban J connectivity index is 2.78. The summed E-state index contributed by atoms with van der Waals surface area (Å²) in [6.07, 6.45) is 1.19. The Bertz CT molecular complexity index is 768. The van der Waals surface area contributed by atoms with Gasteiger partial charge in [-0.3, -0.25) is 0 Å². The highest BCUT2D eigenvalue weighted by Crippen LogP contribution is 2.24. The summed E-state index contributed by atoms with van der Waals surface area (Å²) in [6.45, 7) is 3.78. The van der Waals surface area contributed by atoms with Gasteiger partial charge in [0.2, 0.25) is 0 Å². The zero-order chi connectivity index (χ0) is 14.2. The Morgan fingerprint density at radius 1 is 1.26 bits per heavy atom. The number of nitriles is 1. The van der Waals surface area contributed by atoms with E-state index in [9.17, 15) is 8.42 Å². The first-order chi connectivity index (χ1) is 8.82. The molecule has 0 amide bonds. The van der Waals surface area contributed by atoms with Crippen molar-refractivity contribution in [1.82, 2.24) is 9.78 Å². The molecule has 19 heavy (non-hydrogen) atoms. The van der Waals surface area contributed by atoms with Crippen LogP contribution in [-0.4, -0.2) is 18.2 Å². The van der Waals surface area contributed by atoms with Gasteiger partial charge in [-0.2, -0.15) is 10.4 Å². The van der Waals surface area contributed by atoms with Crippen LogP contribution in [0.25, 0.3) is 5.69 Å². The van der Waals surface area contributed by atoms with Crippen LogP contribution in [0.3, 0.4) is 0 Å². The number of rotatable bonds is 2. The molecule has 0 radical (unpaired) electrons. The number of aromatic nitrogens is 2. The largest absolute Gasteiger partial charge is 0.280 e. The van der Waals surface area contributed by atoms with Crippen molar-refractivity contribution >= 4 is 19.7 Å². The summed E-state index contributed by atoms with van der Waals surface area (Å²) in [4.78, 5) is 0. The van der Waals surface area contributed by atoms with Crippen molar-refractivity contribution in [2.24, 2.45) is 0 Å². The number of benzene rings is 1. The number of hydrogen-bond donors (Lipinski definition) is 0. The Hall–Kier alpha value is -1.84. The molecule has 0 saturated carbocycles. The van der Waals surface area contributed by atoms with Gasteiger partial charge in [-0.25, -0.2) is 13.1 Å². The predicted octanol–water partition coefficient (Wildman–Crippen LogP) is 2.29. The maximum atomic E-state index is 11.6. The molecule has 2 rings (SSSR count). The molecule has 0 aliphatic rings. The summed E-state index contributed by atoms with van der Waals surface area (Å²) < 4.78 is 24.3. The van der Waals surface area contributed by atoms with Crippen LogP contribution in [0.15, 0.2) is 29.4 Å². The van der Waals surface area contributed by atoms with Crippen molar-refractivity contribution in [2.45, 2.75) is 18.9 Å². The number of halogens is 1. The molecule has 1 aromatic heterocycles. The van der Waals surface area contributed by atoms with Crippen LogP contribution in [-0.2, 0) is 9.05 Å². The van der Waals surface area contributed by atoms with E-state index in [-0.39, 0.29) is 10.6 Å². The SMILES string of the molecule is Cc1cc(C)cc(-n2ncc(C#N)c2S(=O)(=O)Cl)c1. The van der Waals surface area contributed by atoms with Crippen LogP contribution in [0.5, 0.6) is 0 Å². The van der Waals surface area contributed by atoms with Crippen LogP contribution in [0.4, 0.5) is 0 Å². The van der Waals surface area contributed by atoms with Gasteiger partial charge in [-0.05, 0) is 37.1 Å². The fraction of sp³-hybridized carbons (Fsp3) is 0.167. The second kappa shape index (κ2) is 4.68. The lowest BCUT2D eigenvalue weighted by atomic mass is 10.1. The van der Waals surface area contributed by atoms with Crippen LogP contribution in [0, 0.1) is 25.2 Å². The van der Waals surface area contributed by atoms with Gasteiger partial charge in [0, 0.05) is 10.7 Å². The summed E-state index contributed by atoms with van der Waals surface area (Å²) in [6, 6.07) is 7.27. The van der Waals surface area contributed by atoms with Gasteiger partial charge in [0.1, 0.15) is 11.6 Å². The average molecular weight is 296 g/mol. The Labute approximate surface area is 115 Å². The van der Waals surface area contributed by atoms with Crippen LogP contribution in [0.1, 0.15) is 16.7 Å². The van der Waals surface area contributed by atoms with Gasteiger partial charge in [-0.15, -0.1) is 0 Å². The topological polar surface area (TPSA) is 75.8 Å². The monoisotopic (exact) mass is 295 g/mol. The first-order valence-corrected chi connectivity index (χ1v) is 7.65. The highest BCUT2D eigenvalue weighted by molar-refractivity contribution is 8.13. The first kappa shape index (κ1) is 13.6. The van der Waals surface area contributed by atoms with E-state index in [0.29, 0.717) is 5.69 Å². The smallest absolute Gasteiger partial charge is 0.220 e. The highest BCUT2D eigenvalue weighted by atomic mass is 35.7. The zero-order valence-corrected chi connectivity index (χ0v) is 11.8. The molecule has 7 heteroatoms. The third-order valence-corrected chi connectivity index (χ3v) is 3.82. The maximum absolute atomic E-state index is 11.6. The first-order valence-electron chi connectivity index (χ1n) is 5.34. The highest BCUT2D eigenvalue weighted by Gasteiger charge is 2.23. The van der Waals surface area contributed by atoms with Crippen molar-refractivity contribution in [3.05, 3.63) is 41.1 Å². The average Bonchev–Trinajstić information content (AvgIpc) is 2.70. The molecule has 98 valence electrons. The fourth-order valence-corrected chi connectivity index (χ4v) is 3.07. The molecule has 0 saturated heterocycles. The van der Waals surface area contributed by atoms with Crippen molar-refractivity contribution in [3.8, 4) is 11.8 Å². The van der Waals surface area contributed by atoms with E-state index in [1.807, 2.05) is 19.9 Å². The van der Waals surface area contributed by atoms with Gasteiger partial charge < -0.3 is 0 Å². The summed E-state index contributed by atoms with van der Waals surface area (Å²) in [5, 5.41) is 12.6. The zero-order valence-electron chi connectivity index (χ0n) is 10.3. The molecule has 0 atom stereocenters. The fourth-order valence-electron chi connectivity index (χ4n) is 1.91. The van der Waals surface area contributed by atoms with Gasteiger partial charge in [0.25, 0.3) is 9.05 Å². The van der Waals surface area contributed by atoms with Crippen molar-refractivity contribution in [3.63, 3.8) is 0 Å². The Kier molecular flexibility index (Phi) is 3.35. The van der Waals surface area contributed by atoms with E-state index < -0.39 is 9.05 Å². The normalized spacial score (nSPS) is 11.3. The minimum Gasteiger partial charge on any atom is -0.220 e. The standard InChI is InChI=1S/C12H10ClN3O2S/c1-8-3-9(2)5-11(4-8)16-12(19(13,17)18)10(6-14)7-15-16/h3-5,7H,1-2H3. The lowest BCUT2D eigenvalue weighted by Gasteiger charge is -2.07.